The summed E-state index contributed by atoms with van der Waals surface area (Å²) in [4.78, 5) is 16.7. The van der Waals surface area contributed by atoms with Gasteiger partial charge in [0.2, 0.25) is 0 Å². The van der Waals surface area contributed by atoms with Crippen molar-refractivity contribution in [2.45, 2.75) is 39.5 Å². The third-order valence-electron chi connectivity index (χ3n) is 3.04. The number of nitrogens with one attached hydrogen (secondary N) is 1. The number of aromatic amines is 1. The van der Waals surface area contributed by atoms with Crippen LogP contribution in [0.15, 0.2) is 10.9 Å². The molecule has 2 aromatic rings. The highest BCUT2D eigenvalue weighted by atomic mass is 16.1. The molecule has 2 rings (SSSR count). The third kappa shape index (κ3) is 2.02. The summed E-state index contributed by atoms with van der Waals surface area (Å²) in [6, 6.07) is 3.95. The maximum Gasteiger partial charge on any atom is 0.276 e. The molecule has 0 atom stereocenters. The Kier molecular flexibility index (Phi) is 3.19. The Morgan fingerprint density at radius 2 is 2.28 bits per heavy atom. The van der Waals surface area contributed by atoms with Crippen LogP contribution in [0.1, 0.15) is 43.1 Å². The quantitative estimate of drug-likeness (QED) is 0.896. The molecule has 0 saturated carbocycles. The molecule has 94 valence electrons. The van der Waals surface area contributed by atoms with Gasteiger partial charge in [-0.2, -0.15) is 5.26 Å². The summed E-state index contributed by atoms with van der Waals surface area (Å²) < 4.78 is 1.47. The Balaban J connectivity index is 2.62. The van der Waals surface area contributed by atoms with Crippen LogP contribution in [-0.2, 0) is 6.42 Å². The molecule has 0 saturated heterocycles. The number of H-pyrrole nitrogens is 1. The van der Waals surface area contributed by atoms with Crippen molar-refractivity contribution in [3.05, 3.63) is 33.4 Å². The first-order valence-electron chi connectivity index (χ1n) is 6.02. The Morgan fingerprint density at radius 1 is 1.56 bits per heavy atom. The van der Waals surface area contributed by atoms with E-state index in [2.05, 4.69) is 30.0 Å². The van der Waals surface area contributed by atoms with Crippen LogP contribution in [0.2, 0.25) is 0 Å². The van der Waals surface area contributed by atoms with Crippen LogP contribution in [0.4, 0.5) is 0 Å². The second-order valence-electron chi connectivity index (χ2n) is 4.70. The van der Waals surface area contributed by atoms with Gasteiger partial charge in [0.05, 0.1) is 6.07 Å². The third-order valence-corrected chi connectivity index (χ3v) is 3.04. The van der Waals surface area contributed by atoms with Crippen LogP contribution >= 0.6 is 0 Å². The number of hydrogen-bond acceptors (Lipinski definition) is 3. The summed E-state index contributed by atoms with van der Waals surface area (Å²) in [5, 5.41) is 11.7. The molecule has 0 amide bonds. The lowest BCUT2D eigenvalue weighted by Gasteiger charge is -2.02. The Bertz CT molecular complexity index is 673. The van der Waals surface area contributed by atoms with Crippen molar-refractivity contribution in [3.8, 4) is 6.07 Å². The Morgan fingerprint density at radius 3 is 2.89 bits per heavy atom. The molecule has 0 spiro atoms. The number of nitriles is 1. The van der Waals surface area contributed by atoms with Gasteiger partial charge in [-0.15, -0.1) is 0 Å². The molecule has 2 heterocycles. The van der Waals surface area contributed by atoms with E-state index in [9.17, 15) is 4.79 Å². The monoisotopic (exact) mass is 244 g/mol. The summed E-state index contributed by atoms with van der Waals surface area (Å²) in [6.45, 7) is 5.93. The molecule has 0 aromatic carbocycles. The highest BCUT2D eigenvalue weighted by molar-refractivity contribution is 5.42. The lowest BCUT2D eigenvalue weighted by molar-refractivity contribution is 0.765. The molecule has 0 unspecified atom stereocenters. The second-order valence-corrected chi connectivity index (χ2v) is 4.70. The maximum atomic E-state index is 12.3. The number of aryl methyl sites for hydroxylation is 1. The van der Waals surface area contributed by atoms with Gasteiger partial charge in [0, 0.05) is 29.4 Å². The minimum absolute atomic E-state index is 0.0975. The largest absolute Gasteiger partial charge is 0.293 e. The zero-order valence-corrected chi connectivity index (χ0v) is 10.8. The van der Waals surface area contributed by atoms with Crippen LogP contribution < -0.4 is 5.56 Å². The highest BCUT2D eigenvalue weighted by Crippen LogP contribution is 2.14. The smallest absolute Gasteiger partial charge is 0.276 e. The maximum absolute atomic E-state index is 12.3. The summed E-state index contributed by atoms with van der Waals surface area (Å²) >= 11 is 0. The van der Waals surface area contributed by atoms with E-state index in [4.69, 9.17) is 5.26 Å². The van der Waals surface area contributed by atoms with Crippen LogP contribution in [0.3, 0.4) is 0 Å². The number of nitrogens with zero attached hydrogens (tertiary/aromatic N) is 3. The van der Waals surface area contributed by atoms with Gasteiger partial charge >= 0.3 is 0 Å². The van der Waals surface area contributed by atoms with Gasteiger partial charge < -0.3 is 0 Å². The number of hydrogen-bond donors (Lipinski definition) is 1. The minimum atomic E-state index is -0.0975. The fourth-order valence-corrected chi connectivity index (χ4v) is 1.95. The molecule has 18 heavy (non-hydrogen) atoms. The van der Waals surface area contributed by atoms with E-state index in [1.165, 1.54) is 4.52 Å². The van der Waals surface area contributed by atoms with E-state index < -0.39 is 0 Å². The van der Waals surface area contributed by atoms with Crippen LogP contribution in [-0.4, -0.2) is 14.6 Å². The van der Waals surface area contributed by atoms with E-state index >= 15 is 0 Å². The average molecular weight is 244 g/mol. The van der Waals surface area contributed by atoms with Crippen molar-refractivity contribution in [3.63, 3.8) is 0 Å². The van der Waals surface area contributed by atoms with Gasteiger partial charge in [-0.1, -0.05) is 13.8 Å². The number of aromatic nitrogens is 3. The Labute approximate surface area is 105 Å². The van der Waals surface area contributed by atoms with Crippen molar-refractivity contribution < 1.29 is 0 Å². The number of rotatable bonds is 3. The normalized spacial score (nSPS) is 11.1. The second kappa shape index (κ2) is 4.65. The zero-order valence-electron chi connectivity index (χ0n) is 10.8. The SMILES string of the molecule is Cc1nc2cc(C(C)C)[nH]n2c(=O)c1CCC#N. The molecule has 0 bridgehead atoms. The molecule has 0 radical (unpaired) electrons. The molecule has 2 aromatic heterocycles. The molecule has 0 fully saturated rings. The lowest BCUT2D eigenvalue weighted by Crippen LogP contribution is -2.21. The summed E-state index contributed by atoms with van der Waals surface area (Å²) in [7, 11) is 0. The minimum Gasteiger partial charge on any atom is -0.293 e. The number of fused-ring (bicyclic) bond motifs is 1. The topological polar surface area (TPSA) is 74.0 Å². The molecule has 1 N–H and O–H groups in total. The van der Waals surface area contributed by atoms with Crippen molar-refractivity contribution >= 4 is 5.65 Å². The van der Waals surface area contributed by atoms with E-state index in [1.54, 1.807) is 0 Å². The predicted octanol–water partition coefficient (Wildman–Crippen LogP) is 1.91. The fraction of sp³-hybridized carbons (Fsp3) is 0.462. The lowest BCUT2D eigenvalue weighted by atomic mass is 10.1. The van der Waals surface area contributed by atoms with Crippen molar-refractivity contribution in [1.82, 2.24) is 14.6 Å². The van der Waals surface area contributed by atoms with E-state index in [0.717, 1.165) is 5.69 Å². The summed E-state index contributed by atoms with van der Waals surface area (Å²) in [5.41, 5.74) is 2.86. The molecule has 0 aliphatic carbocycles. The molecule has 0 aliphatic rings. The molecule has 0 aliphatic heterocycles. The first-order valence-corrected chi connectivity index (χ1v) is 6.02. The van der Waals surface area contributed by atoms with Gasteiger partial charge in [-0.3, -0.25) is 9.89 Å². The van der Waals surface area contributed by atoms with Crippen LogP contribution in [0.25, 0.3) is 5.65 Å². The fourth-order valence-electron chi connectivity index (χ4n) is 1.95. The van der Waals surface area contributed by atoms with Crippen molar-refractivity contribution in [2.24, 2.45) is 0 Å². The highest BCUT2D eigenvalue weighted by Gasteiger charge is 2.12. The van der Waals surface area contributed by atoms with Gasteiger partial charge in [0.1, 0.15) is 0 Å². The summed E-state index contributed by atoms with van der Waals surface area (Å²) in [6.07, 6.45) is 0.786. The van der Waals surface area contributed by atoms with E-state index in [0.29, 0.717) is 35.7 Å². The van der Waals surface area contributed by atoms with Crippen molar-refractivity contribution in [1.29, 1.82) is 5.26 Å². The first-order chi connectivity index (χ1) is 8.54. The molecular formula is C13H16N4O. The van der Waals surface area contributed by atoms with Crippen LogP contribution in [0, 0.1) is 18.3 Å². The average Bonchev–Trinajstić information content (AvgIpc) is 2.73. The van der Waals surface area contributed by atoms with Gasteiger partial charge in [-0.05, 0) is 19.3 Å². The summed E-state index contributed by atoms with van der Waals surface area (Å²) in [5.74, 6) is 0.314. The molecular weight excluding hydrogens is 228 g/mol. The van der Waals surface area contributed by atoms with E-state index in [-0.39, 0.29) is 5.56 Å². The Hall–Kier alpha value is -2.09. The first kappa shape index (κ1) is 12.4. The predicted molar refractivity (Wildman–Crippen MR) is 68.6 cm³/mol. The molecule has 5 heteroatoms. The van der Waals surface area contributed by atoms with Gasteiger partial charge in [0.25, 0.3) is 5.56 Å². The van der Waals surface area contributed by atoms with Gasteiger partial charge in [-0.25, -0.2) is 9.50 Å². The van der Waals surface area contributed by atoms with Crippen molar-refractivity contribution in [2.75, 3.05) is 0 Å². The van der Waals surface area contributed by atoms with E-state index in [1.807, 2.05) is 13.0 Å². The van der Waals surface area contributed by atoms with Crippen LogP contribution in [0.5, 0.6) is 0 Å². The van der Waals surface area contributed by atoms with Gasteiger partial charge in [0.15, 0.2) is 5.65 Å². The standard InChI is InChI=1S/C13H16N4O/c1-8(2)11-7-12-15-9(3)10(5-4-6-14)13(18)17(12)16-11/h7-8,16H,4-5H2,1-3H3. The zero-order chi connectivity index (χ0) is 13.3. The molecule has 5 nitrogen and oxygen atoms in total.